The average Bonchev–Trinajstić information content (AvgIpc) is 2.81. The number of ketones is 1. The third-order valence-corrected chi connectivity index (χ3v) is 2.95. The smallest absolute Gasteiger partial charge is 0.212 e. The maximum absolute atomic E-state index is 12.0. The van der Waals surface area contributed by atoms with Gasteiger partial charge in [-0.05, 0) is 29.5 Å². The van der Waals surface area contributed by atoms with Gasteiger partial charge in [-0.25, -0.2) is 0 Å². The molecule has 15 heavy (non-hydrogen) atoms. The molecule has 0 atom stereocenters. The number of aromatic nitrogens is 1. The molecule has 0 amide bonds. The van der Waals surface area contributed by atoms with Crippen LogP contribution in [0.3, 0.4) is 0 Å². The highest BCUT2D eigenvalue weighted by atomic mass is 32.1. The zero-order chi connectivity index (χ0) is 10.7. The number of carbonyl (C=O) groups excluding carboxylic acids is 1. The summed E-state index contributed by atoms with van der Waals surface area (Å²) in [5.74, 6) is 0.0219. The van der Waals surface area contributed by atoms with Gasteiger partial charge in [-0.3, -0.25) is 9.78 Å². The summed E-state index contributed by atoms with van der Waals surface area (Å²) < 4.78 is 0. The van der Waals surface area contributed by atoms with Crippen LogP contribution in [0.15, 0.2) is 35.2 Å². The maximum atomic E-state index is 12.0. The quantitative estimate of drug-likeness (QED) is 0.740. The first-order valence-corrected chi connectivity index (χ1v) is 5.78. The lowest BCUT2D eigenvalue weighted by molar-refractivity contribution is 0.103. The van der Waals surface area contributed by atoms with Crippen LogP contribution in [0.1, 0.15) is 28.5 Å². The number of hydrogen-bond donors (Lipinski definition) is 0. The molecule has 0 N–H and O–H groups in total. The summed E-state index contributed by atoms with van der Waals surface area (Å²) in [6.07, 6.45) is 2.50. The Morgan fingerprint density at radius 2 is 2.33 bits per heavy atom. The number of rotatable bonds is 3. The largest absolute Gasteiger partial charge is 0.287 e. The molecule has 2 aromatic heterocycles. The summed E-state index contributed by atoms with van der Waals surface area (Å²) in [5.41, 5.74) is 2.32. The van der Waals surface area contributed by atoms with Crippen molar-refractivity contribution in [1.29, 1.82) is 0 Å². The van der Waals surface area contributed by atoms with Gasteiger partial charge >= 0.3 is 0 Å². The van der Waals surface area contributed by atoms with Gasteiger partial charge in [0.25, 0.3) is 0 Å². The first-order valence-electron chi connectivity index (χ1n) is 4.83. The molecule has 0 aliphatic heterocycles. The van der Waals surface area contributed by atoms with Gasteiger partial charge in [-0.1, -0.05) is 13.0 Å². The molecule has 0 bridgehead atoms. The zero-order valence-electron chi connectivity index (χ0n) is 8.43. The lowest BCUT2D eigenvalue weighted by Gasteiger charge is -2.03. The van der Waals surface area contributed by atoms with Gasteiger partial charge in [0, 0.05) is 17.1 Å². The number of aryl methyl sites for hydroxylation is 1. The molecule has 2 nitrogen and oxygen atoms in total. The molecule has 76 valence electrons. The molecule has 0 aromatic carbocycles. The lowest BCUT2D eigenvalue weighted by atomic mass is 10.0. The monoisotopic (exact) mass is 217 g/mol. The van der Waals surface area contributed by atoms with E-state index in [-0.39, 0.29) is 5.78 Å². The number of nitrogens with zero attached hydrogens (tertiary/aromatic N) is 1. The highest BCUT2D eigenvalue weighted by Gasteiger charge is 2.13. The molecule has 0 aliphatic carbocycles. The maximum Gasteiger partial charge on any atom is 0.212 e. The molecular formula is C12H11NOS. The number of thiophene rings is 1. The van der Waals surface area contributed by atoms with Gasteiger partial charge in [0.15, 0.2) is 0 Å². The van der Waals surface area contributed by atoms with E-state index in [1.54, 1.807) is 6.20 Å². The Kier molecular flexibility index (Phi) is 2.92. The van der Waals surface area contributed by atoms with Crippen LogP contribution in [0, 0.1) is 0 Å². The van der Waals surface area contributed by atoms with Gasteiger partial charge < -0.3 is 0 Å². The Morgan fingerprint density at radius 1 is 1.47 bits per heavy atom. The second kappa shape index (κ2) is 4.36. The Bertz CT molecular complexity index is 462. The molecule has 0 spiro atoms. The third-order valence-electron chi connectivity index (χ3n) is 2.27. The standard InChI is InChI=1S/C12H11NOS/c1-2-9-4-3-6-13-11(9)12(14)10-5-7-15-8-10/h3-8H,2H2,1H3. The minimum absolute atomic E-state index is 0.0219. The molecule has 0 unspecified atom stereocenters. The Hall–Kier alpha value is -1.48. The summed E-state index contributed by atoms with van der Waals surface area (Å²) in [6.45, 7) is 2.03. The van der Waals surface area contributed by atoms with E-state index in [0.29, 0.717) is 5.69 Å². The fraction of sp³-hybridized carbons (Fsp3) is 0.167. The minimum atomic E-state index is 0.0219. The van der Waals surface area contributed by atoms with Gasteiger partial charge in [0.1, 0.15) is 5.69 Å². The molecule has 0 saturated carbocycles. The predicted molar refractivity (Wildman–Crippen MR) is 61.4 cm³/mol. The predicted octanol–water partition coefficient (Wildman–Crippen LogP) is 2.94. The summed E-state index contributed by atoms with van der Waals surface area (Å²) in [4.78, 5) is 16.2. The van der Waals surface area contributed by atoms with Gasteiger partial charge in [-0.15, -0.1) is 0 Å². The first-order chi connectivity index (χ1) is 7.33. The van der Waals surface area contributed by atoms with Crippen molar-refractivity contribution in [3.05, 3.63) is 52.0 Å². The van der Waals surface area contributed by atoms with E-state index in [9.17, 15) is 4.79 Å². The molecule has 0 radical (unpaired) electrons. The molecule has 2 aromatic rings. The Labute approximate surface area is 92.6 Å². The molecule has 0 saturated heterocycles. The molecule has 3 heteroatoms. The van der Waals surface area contributed by atoms with Crippen molar-refractivity contribution >= 4 is 17.1 Å². The number of carbonyl (C=O) groups is 1. The van der Waals surface area contributed by atoms with E-state index in [1.807, 2.05) is 35.9 Å². The van der Waals surface area contributed by atoms with Gasteiger partial charge in [0.05, 0.1) is 0 Å². The Balaban J connectivity index is 2.42. The summed E-state index contributed by atoms with van der Waals surface area (Å²) in [6, 6.07) is 5.65. The van der Waals surface area contributed by atoms with E-state index in [0.717, 1.165) is 17.5 Å². The van der Waals surface area contributed by atoms with Gasteiger partial charge in [-0.2, -0.15) is 11.3 Å². The van der Waals surface area contributed by atoms with E-state index in [4.69, 9.17) is 0 Å². The molecule has 0 aliphatic rings. The van der Waals surface area contributed by atoms with Crippen LogP contribution in [0.2, 0.25) is 0 Å². The van der Waals surface area contributed by atoms with Crippen LogP contribution in [0.25, 0.3) is 0 Å². The van der Waals surface area contributed by atoms with Gasteiger partial charge in [0.2, 0.25) is 5.78 Å². The van der Waals surface area contributed by atoms with Crippen LogP contribution in [0.5, 0.6) is 0 Å². The normalized spacial score (nSPS) is 10.2. The molecule has 0 fully saturated rings. The summed E-state index contributed by atoms with van der Waals surface area (Å²) in [7, 11) is 0. The third kappa shape index (κ3) is 1.97. The van der Waals surface area contributed by atoms with Crippen molar-refractivity contribution < 1.29 is 4.79 Å². The lowest BCUT2D eigenvalue weighted by Crippen LogP contribution is -2.06. The second-order valence-corrected chi connectivity index (χ2v) is 3.99. The number of pyridine rings is 1. The van der Waals surface area contributed by atoms with Crippen molar-refractivity contribution in [2.45, 2.75) is 13.3 Å². The second-order valence-electron chi connectivity index (χ2n) is 3.21. The van der Waals surface area contributed by atoms with E-state index in [1.165, 1.54) is 11.3 Å². The fourth-order valence-corrected chi connectivity index (χ4v) is 2.09. The van der Waals surface area contributed by atoms with E-state index >= 15 is 0 Å². The topological polar surface area (TPSA) is 30.0 Å². The zero-order valence-corrected chi connectivity index (χ0v) is 9.25. The molecular weight excluding hydrogens is 206 g/mol. The van der Waals surface area contributed by atoms with E-state index < -0.39 is 0 Å². The molecule has 2 heterocycles. The first kappa shape index (κ1) is 10.1. The molecule has 2 rings (SSSR count). The summed E-state index contributed by atoms with van der Waals surface area (Å²) in [5, 5.41) is 3.76. The number of hydrogen-bond acceptors (Lipinski definition) is 3. The van der Waals surface area contributed by atoms with Crippen molar-refractivity contribution in [3.8, 4) is 0 Å². The van der Waals surface area contributed by atoms with Crippen LogP contribution in [0.4, 0.5) is 0 Å². The average molecular weight is 217 g/mol. The van der Waals surface area contributed by atoms with Crippen molar-refractivity contribution in [3.63, 3.8) is 0 Å². The Morgan fingerprint density at radius 3 is 3.00 bits per heavy atom. The highest BCUT2D eigenvalue weighted by molar-refractivity contribution is 7.08. The van der Waals surface area contributed by atoms with Crippen molar-refractivity contribution in [1.82, 2.24) is 4.98 Å². The fourth-order valence-electron chi connectivity index (χ4n) is 1.46. The minimum Gasteiger partial charge on any atom is -0.287 e. The van der Waals surface area contributed by atoms with Crippen LogP contribution in [-0.4, -0.2) is 10.8 Å². The van der Waals surface area contributed by atoms with Crippen LogP contribution >= 0.6 is 11.3 Å². The van der Waals surface area contributed by atoms with E-state index in [2.05, 4.69) is 4.98 Å². The van der Waals surface area contributed by atoms with Crippen molar-refractivity contribution in [2.75, 3.05) is 0 Å². The van der Waals surface area contributed by atoms with Crippen LogP contribution in [-0.2, 0) is 6.42 Å². The SMILES string of the molecule is CCc1cccnc1C(=O)c1ccsc1. The van der Waals surface area contributed by atoms with Crippen LogP contribution < -0.4 is 0 Å². The highest BCUT2D eigenvalue weighted by Crippen LogP contribution is 2.14. The van der Waals surface area contributed by atoms with Crippen molar-refractivity contribution in [2.24, 2.45) is 0 Å². The summed E-state index contributed by atoms with van der Waals surface area (Å²) >= 11 is 1.53.